The molecule has 0 spiro atoms. The molecule has 0 aliphatic carbocycles. The smallest absolute Gasteiger partial charge is 0.404 e. The van der Waals surface area contributed by atoms with Gasteiger partial charge in [0.1, 0.15) is 0 Å². The lowest BCUT2D eigenvalue weighted by molar-refractivity contribution is 0.184. The molecule has 4 heteroatoms. The average molecular weight is 188 g/mol. The first-order valence-electron chi connectivity index (χ1n) is 4.49. The Morgan fingerprint density at radius 3 is 2.31 bits per heavy atom. The van der Waals surface area contributed by atoms with Crippen molar-refractivity contribution < 1.29 is 9.90 Å². The maximum atomic E-state index is 10.4. The molecule has 1 unspecified atom stereocenters. The van der Waals surface area contributed by atoms with Crippen LogP contribution in [0.25, 0.3) is 0 Å². The van der Waals surface area contributed by atoms with Crippen molar-refractivity contribution >= 4 is 6.09 Å². The first-order valence-corrected chi connectivity index (χ1v) is 4.49. The Morgan fingerprint density at radius 2 is 2.00 bits per heavy atom. The summed E-state index contributed by atoms with van der Waals surface area (Å²) < 4.78 is 0. The van der Waals surface area contributed by atoms with Gasteiger partial charge in [0, 0.05) is 12.6 Å². The van der Waals surface area contributed by atoms with Crippen LogP contribution in [0.15, 0.2) is 0 Å². The van der Waals surface area contributed by atoms with E-state index in [1.54, 1.807) is 0 Å². The second-order valence-electron chi connectivity index (χ2n) is 4.47. The minimum atomic E-state index is -0.954. The van der Waals surface area contributed by atoms with Crippen LogP contribution in [0, 0.1) is 5.41 Å². The molecular formula is C9H20N2O2. The van der Waals surface area contributed by atoms with Crippen LogP contribution in [0.2, 0.25) is 0 Å². The molecule has 0 aliphatic heterocycles. The fourth-order valence-electron chi connectivity index (χ4n) is 1.33. The largest absolute Gasteiger partial charge is 0.465 e. The Balaban J connectivity index is 4.01. The van der Waals surface area contributed by atoms with Gasteiger partial charge < -0.3 is 15.7 Å². The second kappa shape index (κ2) is 5.07. The Morgan fingerprint density at radius 1 is 1.46 bits per heavy atom. The summed E-state index contributed by atoms with van der Waals surface area (Å²) in [7, 11) is 1.82. The van der Waals surface area contributed by atoms with Gasteiger partial charge in [0.2, 0.25) is 0 Å². The first-order chi connectivity index (χ1) is 5.85. The second-order valence-corrected chi connectivity index (χ2v) is 4.47. The minimum absolute atomic E-state index is 0.0116. The van der Waals surface area contributed by atoms with E-state index in [9.17, 15) is 4.79 Å². The van der Waals surface area contributed by atoms with Crippen molar-refractivity contribution in [1.29, 1.82) is 0 Å². The molecule has 0 bridgehead atoms. The van der Waals surface area contributed by atoms with Crippen molar-refractivity contribution in [2.45, 2.75) is 33.2 Å². The first kappa shape index (κ1) is 12.2. The average Bonchev–Trinajstić information content (AvgIpc) is 1.81. The highest BCUT2D eigenvalue weighted by molar-refractivity contribution is 5.64. The van der Waals surface area contributed by atoms with Crippen LogP contribution in [0.5, 0.6) is 0 Å². The van der Waals surface area contributed by atoms with Crippen molar-refractivity contribution in [3.8, 4) is 0 Å². The SMILES string of the molecule is CNCC(CC(C)(C)C)NC(=O)O. The van der Waals surface area contributed by atoms with E-state index >= 15 is 0 Å². The normalized spacial score (nSPS) is 13.8. The fraction of sp³-hybridized carbons (Fsp3) is 0.889. The molecule has 4 nitrogen and oxygen atoms in total. The number of carboxylic acid groups (broad SMARTS) is 1. The number of amides is 1. The molecule has 0 heterocycles. The van der Waals surface area contributed by atoms with E-state index in [1.165, 1.54) is 0 Å². The van der Waals surface area contributed by atoms with Gasteiger partial charge in [0.25, 0.3) is 0 Å². The summed E-state index contributed by atoms with van der Waals surface area (Å²) in [5.74, 6) is 0. The van der Waals surface area contributed by atoms with E-state index in [-0.39, 0.29) is 11.5 Å². The van der Waals surface area contributed by atoms with E-state index in [1.807, 2.05) is 7.05 Å². The molecule has 0 aromatic heterocycles. The summed E-state index contributed by atoms with van der Waals surface area (Å²) in [6, 6.07) is -0.0116. The molecule has 3 N–H and O–H groups in total. The number of rotatable bonds is 4. The van der Waals surface area contributed by atoms with Crippen LogP contribution in [0.3, 0.4) is 0 Å². The van der Waals surface area contributed by atoms with Crippen molar-refractivity contribution in [2.24, 2.45) is 5.41 Å². The third-order valence-electron chi connectivity index (χ3n) is 1.64. The van der Waals surface area contributed by atoms with Gasteiger partial charge in [-0.2, -0.15) is 0 Å². The quantitative estimate of drug-likeness (QED) is 0.622. The molecule has 0 fully saturated rings. The molecule has 13 heavy (non-hydrogen) atoms. The summed E-state index contributed by atoms with van der Waals surface area (Å²) in [5, 5.41) is 14.0. The van der Waals surface area contributed by atoms with Gasteiger partial charge in [0.05, 0.1) is 0 Å². The van der Waals surface area contributed by atoms with Gasteiger partial charge in [0.15, 0.2) is 0 Å². The van der Waals surface area contributed by atoms with Crippen LogP contribution in [-0.2, 0) is 0 Å². The van der Waals surface area contributed by atoms with E-state index in [0.29, 0.717) is 6.54 Å². The Hall–Kier alpha value is -0.770. The zero-order valence-electron chi connectivity index (χ0n) is 8.85. The highest BCUT2D eigenvalue weighted by Crippen LogP contribution is 2.20. The topological polar surface area (TPSA) is 61.4 Å². The third kappa shape index (κ3) is 7.59. The maximum Gasteiger partial charge on any atom is 0.404 e. The van der Waals surface area contributed by atoms with Gasteiger partial charge in [-0.25, -0.2) is 4.79 Å². The Bertz CT molecular complexity index is 163. The highest BCUT2D eigenvalue weighted by Gasteiger charge is 2.19. The minimum Gasteiger partial charge on any atom is -0.465 e. The summed E-state index contributed by atoms with van der Waals surface area (Å²) >= 11 is 0. The molecule has 0 rings (SSSR count). The van der Waals surface area contributed by atoms with Crippen molar-refractivity contribution in [2.75, 3.05) is 13.6 Å². The van der Waals surface area contributed by atoms with Crippen LogP contribution in [0.1, 0.15) is 27.2 Å². The number of hydrogen-bond donors (Lipinski definition) is 3. The summed E-state index contributed by atoms with van der Waals surface area (Å²) in [5.41, 5.74) is 0.143. The zero-order valence-corrected chi connectivity index (χ0v) is 8.85. The monoisotopic (exact) mass is 188 g/mol. The van der Waals surface area contributed by atoms with Crippen LogP contribution in [0.4, 0.5) is 4.79 Å². The Kier molecular flexibility index (Phi) is 4.77. The van der Waals surface area contributed by atoms with Gasteiger partial charge in [-0.3, -0.25) is 0 Å². The highest BCUT2D eigenvalue weighted by atomic mass is 16.4. The van der Waals surface area contributed by atoms with E-state index < -0.39 is 6.09 Å². The maximum absolute atomic E-state index is 10.4. The predicted octanol–water partition coefficient (Wildman–Crippen LogP) is 1.28. The molecule has 0 saturated heterocycles. The molecule has 0 radical (unpaired) electrons. The van der Waals surface area contributed by atoms with Crippen molar-refractivity contribution in [3.63, 3.8) is 0 Å². The summed E-state index contributed by atoms with van der Waals surface area (Å²) in [4.78, 5) is 10.4. The van der Waals surface area contributed by atoms with Gasteiger partial charge in [-0.1, -0.05) is 20.8 Å². The standard InChI is InChI=1S/C9H20N2O2/c1-9(2,3)5-7(6-10-4)11-8(12)13/h7,10-11H,5-6H2,1-4H3,(H,12,13). The van der Waals surface area contributed by atoms with E-state index in [4.69, 9.17) is 5.11 Å². The van der Waals surface area contributed by atoms with Crippen molar-refractivity contribution in [3.05, 3.63) is 0 Å². The lowest BCUT2D eigenvalue weighted by atomic mass is 9.88. The Labute approximate surface area is 79.7 Å². The van der Waals surface area contributed by atoms with Crippen LogP contribution < -0.4 is 10.6 Å². The number of likely N-dealkylation sites (N-methyl/N-ethyl adjacent to an activating group) is 1. The van der Waals surface area contributed by atoms with Crippen LogP contribution >= 0.6 is 0 Å². The number of carbonyl (C=O) groups is 1. The molecule has 1 atom stereocenters. The van der Waals surface area contributed by atoms with Crippen LogP contribution in [-0.4, -0.2) is 30.8 Å². The molecule has 1 amide bonds. The van der Waals surface area contributed by atoms with E-state index in [2.05, 4.69) is 31.4 Å². The zero-order chi connectivity index (χ0) is 10.5. The summed E-state index contributed by atoms with van der Waals surface area (Å²) in [6.07, 6.45) is -0.121. The molecule has 78 valence electrons. The van der Waals surface area contributed by atoms with Gasteiger partial charge in [-0.05, 0) is 18.9 Å². The lowest BCUT2D eigenvalue weighted by Crippen LogP contribution is -2.42. The molecular weight excluding hydrogens is 168 g/mol. The fourth-order valence-corrected chi connectivity index (χ4v) is 1.33. The third-order valence-corrected chi connectivity index (χ3v) is 1.64. The lowest BCUT2D eigenvalue weighted by Gasteiger charge is -2.25. The number of hydrogen-bond acceptors (Lipinski definition) is 2. The number of nitrogens with one attached hydrogen (secondary N) is 2. The molecule has 0 aromatic carbocycles. The van der Waals surface area contributed by atoms with Crippen molar-refractivity contribution in [1.82, 2.24) is 10.6 Å². The predicted molar refractivity (Wildman–Crippen MR) is 52.9 cm³/mol. The molecule has 0 saturated carbocycles. The van der Waals surface area contributed by atoms with Gasteiger partial charge >= 0.3 is 6.09 Å². The van der Waals surface area contributed by atoms with Gasteiger partial charge in [-0.15, -0.1) is 0 Å². The van der Waals surface area contributed by atoms with E-state index in [0.717, 1.165) is 6.42 Å². The molecule has 0 aromatic rings. The molecule has 0 aliphatic rings. The summed E-state index contributed by atoms with van der Waals surface area (Å²) in [6.45, 7) is 6.96.